The predicted molar refractivity (Wildman–Crippen MR) is 90.6 cm³/mol. The first-order valence-electron chi connectivity index (χ1n) is 7.48. The smallest absolute Gasteiger partial charge is 0.374 e. The van der Waals surface area contributed by atoms with Gasteiger partial charge in [-0.3, -0.25) is 9.36 Å². The number of aromatic nitrogens is 2. The maximum atomic E-state index is 12.0. The fraction of sp³-hybridized carbons (Fsp3) is 0.438. The largest absolute Gasteiger partial charge is 0.463 e. The van der Waals surface area contributed by atoms with E-state index in [4.69, 9.17) is 9.47 Å². The molecule has 0 N–H and O–H groups in total. The summed E-state index contributed by atoms with van der Waals surface area (Å²) in [6, 6.07) is 6.20. The van der Waals surface area contributed by atoms with Gasteiger partial charge in [0.1, 0.15) is 6.73 Å². The lowest BCUT2D eigenvalue weighted by molar-refractivity contribution is 0.0536. The van der Waals surface area contributed by atoms with Gasteiger partial charge in [-0.1, -0.05) is 25.7 Å². The van der Waals surface area contributed by atoms with Gasteiger partial charge in [0.25, 0.3) is 0 Å². The van der Waals surface area contributed by atoms with Crippen molar-refractivity contribution in [1.82, 2.24) is 9.55 Å². The van der Waals surface area contributed by atoms with Crippen LogP contribution in [-0.4, -0.2) is 43.6 Å². The first-order valence-corrected chi connectivity index (χ1v) is 11.2. The number of hydrogen-bond acceptors (Lipinski definition) is 5. The third kappa shape index (κ3) is 4.05. The first-order chi connectivity index (χ1) is 10.9. The van der Waals surface area contributed by atoms with Gasteiger partial charge in [0.05, 0.1) is 18.1 Å². The molecular weight excluding hydrogens is 312 g/mol. The highest BCUT2D eigenvalue weighted by molar-refractivity contribution is 6.76. The van der Waals surface area contributed by atoms with E-state index < -0.39 is 14.0 Å². The van der Waals surface area contributed by atoms with Gasteiger partial charge in [-0.15, -0.1) is 0 Å². The molecule has 0 saturated carbocycles. The number of ether oxygens (including phenoxy) is 2. The van der Waals surface area contributed by atoms with Crippen LogP contribution in [0.4, 0.5) is 0 Å². The molecule has 2 rings (SSSR count). The van der Waals surface area contributed by atoms with E-state index in [1.807, 2.05) is 0 Å². The molecule has 1 aromatic heterocycles. The lowest BCUT2D eigenvalue weighted by Gasteiger charge is -2.16. The summed E-state index contributed by atoms with van der Waals surface area (Å²) >= 11 is 0. The Morgan fingerprint density at radius 1 is 1.35 bits per heavy atom. The molecule has 6 nitrogen and oxygen atoms in total. The SMILES string of the molecule is COC(=O)c1nc2cccc(C=O)c2n1COCC[Si](C)(C)C. The summed E-state index contributed by atoms with van der Waals surface area (Å²) in [4.78, 5) is 27.5. The van der Waals surface area contributed by atoms with Crippen molar-refractivity contribution in [3.05, 3.63) is 29.6 Å². The summed E-state index contributed by atoms with van der Waals surface area (Å²) in [7, 11) is 0.114. The van der Waals surface area contributed by atoms with Gasteiger partial charge in [0.15, 0.2) is 6.29 Å². The summed E-state index contributed by atoms with van der Waals surface area (Å²) in [5, 5.41) is 0. The number of hydrogen-bond donors (Lipinski definition) is 0. The number of aldehydes is 1. The molecule has 0 saturated heterocycles. The Bertz CT molecular complexity index is 719. The molecule has 0 aliphatic carbocycles. The van der Waals surface area contributed by atoms with Crippen LogP contribution in [-0.2, 0) is 16.2 Å². The summed E-state index contributed by atoms with van der Waals surface area (Å²) < 4.78 is 12.1. The summed E-state index contributed by atoms with van der Waals surface area (Å²) in [5.74, 6) is -0.406. The number of fused-ring (bicyclic) bond motifs is 1. The van der Waals surface area contributed by atoms with Crippen molar-refractivity contribution >= 4 is 31.4 Å². The van der Waals surface area contributed by atoms with Gasteiger partial charge < -0.3 is 9.47 Å². The van der Waals surface area contributed by atoms with Gasteiger partial charge in [0.2, 0.25) is 5.82 Å². The van der Waals surface area contributed by atoms with Crippen LogP contribution in [0.25, 0.3) is 11.0 Å². The second-order valence-corrected chi connectivity index (χ2v) is 12.2. The fourth-order valence-corrected chi connectivity index (χ4v) is 2.97. The molecule has 23 heavy (non-hydrogen) atoms. The van der Waals surface area contributed by atoms with Crippen LogP contribution >= 0.6 is 0 Å². The molecule has 0 spiro atoms. The van der Waals surface area contributed by atoms with Gasteiger partial charge in [0, 0.05) is 20.2 Å². The van der Waals surface area contributed by atoms with Crippen LogP contribution in [0.2, 0.25) is 25.7 Å². The number of imidazole rings is 1. The quantitative estimate of drug-likeness (QED) is 0.337. The topological polar surface area (TPSA) is 70.4 Å². The van der Waals surface area contributed by atoms with Crippen LogP contribution in [0, 0.1) is 0 Å². The Kier molecular flexibility index (Phi) is 5.33. The third-order valence-corrected chi connectivity index (χ3v) is 5.21. The molecule has 0 atom stereocenters. The van der Waals surface area contributed by atoms with Gasteiger partial charge >= 0.3 is 5.97 Å². The Labute approximate surface area is 136 Å². The van der Waals surface area contributed by atoms with Crippen molar-refractivity contribution in [3.8, 4) is 0 Å². The van der Waals surface area contributed by atoms with E-state index in [0.29, 0.717) is 23.2 Å². The highest BCUT2D eigenvalue weighted by Crippen LogP contribution is 2.20. The molecule has 0 fully saturated rings. The minimum Gasteiger partial charge on any atom is -0.463 e. The molecule has 1 heterocycles. The number of nitrogens with zero attached hydrogens (tertiary/aromatic N) is 2. The predicted octanol–water partition coefficient (Wildman–Crippen LogP) is 2.95. The Morgan fingerprint density at radius 2 is 2.09 bits per heavy atom. The zero-order valence-electron chi connectivity index (χ0n) is 14.0. The Hall–Kier alpha value is -1.99. The van der Waals surface area contributed by atoms with Crippen LogP contribution < -0.4 is 0 Å². The molecule has 0 unspecified atom stereocenters. The second kappa shape index (κ2) is 7.06. The summed E-state index contributed by atoms with van der Waals surface area (Å²) in [6.07, 6.45) is 0.754. The van der Waals surface area contributed by atoms with E-state index in [0.717, 1.165) is 12.3 Å². The van der Waals surface area contributed by atoms with Crippen molar-refractivity contribution in [2.75, 3.05) is 13.7 Å². The van der Waals surface area contributed by atoms with E-state index >= 15 is 0 Å². The number of para-hydroxylation sites is 1. The molecule has 0 radical (unpaired) electrons. The summed E-state index contributed by atoms with van der Waals surface area (Å²) in [5.41, 5.74) is 1.64. The third-order valence-electron chi connectivity index (χ3n) is 3.51. The van der Waals surface area contributed by atoms with E-state index in [2.05, 4.69) is 24.6 Å². The Balaban J connectivity index is 2.34. The average molecular weight is 334 g/mol. The molecule has 0 aliphatic rings. The number of methoxy groups -OCH3 is 1. The maximum Gasteiger partial charge on any atom is 0.374 e. The van der Waals surface area contributed by atoms with E-state index in [1.165, 1.54) is 7.11 Å². The van der Waals surface area contributed by atoms with Crippen LogP contribution in [0.5, 0.6) is 0 Å². The van der Waals surface area contributed by atoms with Gasteiger partial charge in [-0.05, 0) is 18.2 Å². The highest BCUT2D eigenvalue weighted by Gasteiger charge is 2.20. The number of carbonyl (C=O) groups excluding carboxylic acids is 2. The minimum atomic E-state index is -1.19. The first kappa shape index (κ1) is 17.4. The van der Waals surface area contributed by atoms with E-state index in [-0.39, 0.29) is 12.6 Å². The van der Waals surface area contributed by atoms with Crippen LogP contribution in [0.3, 0.4) is 0 Å². The van der Waals surface area contributed by atoms with Crippen molar-refractivity contribution in [1.29, 1.82) is 0 Å². The minimum absolute atomic E-state index is 0.143. The standard InChI is InChI=1S/C16H22N2O4Si/c1-21-16(20)15-17-13-7-5-6-12(10-19)14(13)18(15)11-22-8-9-23(2,3)4/h5-7,10H,8-9,11H2,1-4H3. The van der Waals surface area contributed by atoms with Crippen LogP contribution in [0.15, 0.2) is 18.2 Å². The van der Waals surface area contributed by atoms with Gasteiger partial charge in [-0.2, -0.15) is 0 Å². The average Bonchev–Trinajstić information content (AvgIpc) is 2.88. The van der Waals surface area contributed by atoms with Crippen LogP contribution in [0.1, 0.15) is 21.0 Å². The molecule has 0 amide bonds. The van der Waals surface area contributed by atoms with Crippen molar-refractivity contribution < 1.29 is 19.1 Å². The van der Waals surface area contributed by atoms with Crippen molar-refractivity contribution in [2.45, 2.75) is 32.4 Å². The number of carbonyl (C=O) groups is 2. The molecule has 0 bridgehead atoms. The molecule has 1 aromatic carbocycles. The lowest BCUT2D eigenvalue weighted by Crippen LogP contribution is -2.22. The fourth-order valence-electron chi connectivity index (χ4n) is 2.22. The summed E-state index contributed by atoms with van der Waals surface area (Å²) in [6.45, 7) is 7.59. The second-order valence-electron chi connectivity index (χ2n) is 6.54. The molecule has 124 valence electrons. The molecule has 0 aliphatic heterocycles. The number of esters is 1. The molecule has 7 heteroatoms. The molecule has 2 aromatic rings. The zero-order valence-corrected chi connectivity index (χ0v) is 15.0. The van der Waals surface area contributed by atoms with Crippen molar-refractivity contribution in [2.24, 2.45) is 0 Å². The monoisotopic (exact) mass is 334 g/mol. The molecular formula is C16H22N2O4Si. The normalized spacial score (nSPS) is 11.7. The number of rotatable bonds is 7. The van der Waals surface area contributed by atoms with Gasteiger partial charge in [-0.25, -0.2) is 9.78 Å². The maximum absolute atomic E-state index is 12.0. The van der Waals surface area contributed by atoms with E-state index in [9.17, 15) is 9.59 Å². The Morgan fingerprint density at radius 3 is 2.70 bits per heavy atom. The van der Waals surface area contributed by atoms with Crippen molar-refractivity contribution in [3.63, 3.8) is 0 Å². The number of benzene rings is 1. The zero-order chi connectivity index (χ0) is 17.0. The highest BCUT2D eigenvalue weighted by atomic mass is 28.3. The van der Waals surface area contributed by atoms with E-state index in [1.54, 1.807) is 22.8 Å². The lowest BCUT2D eigenvalue weighted by atomic mass is 10.2.